The number of carbonyl (C=O) groups is 1. The fraction of sp³-hybridized carbons (Fsp3) is 0.381. The summed E-state index contributed by atoms with van der Waals surface area (Å²) >= 11 is 5.88. The van der Waals surface area contributed by atoms with Crippen LogP contribution in [0.3, 0.4) is 0 Å². The van der Waals surface area contributed by atoms with Gasteiger partial charge in [0.2, 0.25) is 0 Å². The van der Waals surface area contributed by atoms with Crippen LogP contribution in [0.4, 0.5) is 18.9 Å². The Morgan fingerprint density at radius 3 is 2.55 bits per heavy atom. The highest BCUT2D eigenvalue weighted by Crippen LogP contribution is 2.38. The van der Waals surface area contributed by atoms with Crippen molar-refractivity contribution >= 4 is 23.2 Å². The van der Waals surface area contributed by atoms with Gasteiger partial charge in [-0.1, -0.05) is 48.4 Å². The van der Waals surface area contributed by atoms with Crippen LogP contribution in [0.5, 0.6) is 0 Å². The third kappa shape index (κ3) is 4.85. The van der Waals surface area contributed by atoms with Crippen molar-refractivity contribution in [1.29, 1.82) is 0 Å². The van der Waals surface area contributed by atoms with Gasteiger partial charge >= 0.3 is 6.18 Å². The number of nitrogen functional groups attached to an aromatic ring is 1. The molecular formula is C21H23ClF3N3O. The number of rotatable bonds is 4. The number of halogens is 4. The lowest BCUT2D eigenvalue weighted by Crippen LogP contribution is -2.47. The minimum atomic E-state index is -4.70. The van der Waals surface area contributed by atoms with Gasteiger partial charge in [-0.25, -0.2) is 0 Å². The average molecular weight is 426 g/mol. The number of nitrogens with one attached hydrogen (secondary N) is 1. The molecule has 1 saturated heterocycles. The van der Waals surface area contributed by atoms with E-state index in [2.05, 4.69) is 10.2 Å². The lowest BCUT2D eigenvalue weighted by atomic mass is 9.91. The van der Waals surface area contributed by atoms with E-state index in [0.29, 0.717) is 0 Å². The maximum Gasteiger partial charge on any atom is 0.418 e. The summed E-state index contributed by atoms with van der Waals surface area (Å²) in [4.78, 5) is 15.1. The smallest absolute Gasteiger partial charge is 0.397 e. The highest BCUT2D eigenvalue weighted by molar-refractivity contribution is 6.33. The number of carbonyl (C=O) groups excluding carboxylic acids is 1. The van der Waals surface area contributed by atoms with Gasteiger partial charge in [-0.3, -0.25) is 4.79 Å². The molecule has 8 heteroatoms. The van der Waals surface area contributed by atoms with Crippen molar-refractivity contribution < 1.29 is 18.0 Å². The third-order valence-electron chi connectivity index (χ3n) is 5.35. The zero-order valence-corrected chi connectivity index (χ0v) is 16.7. The number of anilines is 1. The first kappa shape index (κ1) is 21.5. The molecule has 3 rings (SSSR count). The second kappa shape index (κ2) is 8.63. The Balaban J connectivity index is 1.94. The number of hydrogen-bond acceptors (Lipinski definition) is 3. The number of benzene rings is 2. The molecule has 0 aliphatic carbocycles. The van der Waals surface area contributed by atoms with E-state index in [1.54, 1.807) is 0 Å². The second-order valence-electron chi connectivity index (χ2n) is 7.32. The lowest BCUT2D eigenvalue weighted by molar-refractivity contribution is -0.136. The zero-order chi connectivity index (χ0) is 21.2. The van der Waals surface area contributed by atoms with Gasteiger partial charge < -0.3 is 16.0 Å². The number of alkyl halides is 3. The maximum atomic E-state index is 13.3. The molecule has 0 spiro atoms. The zero-order valence-electron chi connectivity index (χ0n) is 16.0. The van der Waals surface area contributed by atoms with Crippen LogP contribution in [0, 0.1) is 0 Å². The Bertz CT molecular complexity index is 873. The largest absolute Gasteiger partial charge is 0.418 e. The average Bonchev–Trinajstić information content (AvgIpc) is 2.68. The van der Waals surface area contributed by atoms with Crippen molar-refractivity contribution in [3.8, 4) is 0 Å². The Morgan fingerprint density at radius 2 is 1.93 bits per heavy atom. The molecule has 0 aromatic heterocycles. The number of amides is 1. The van der Waals surface area contributed by atoms with Crippen LogP contribution in [0.2, 0.25) is 5.02 Å². The molecule has 156 valence electrons. The summed E-state index contributed by atoms with van der Waals surface area (Å²) in [5, 5.41) is 2.63. The van der Waals surface area contributed by atoms with E-state index < -0.39 is 23.3 Å². The van der Waals surface area contributed by atoms with Gasteiger partial charge in [0.15, 0.2) is 0 Å². The first-order valence-electron chi connectivity index (χ1n) is 9.40. The van der Waals surface area contributed by atoms with Crippen molar-refractivity contribution in [3.05, 3.63) is 64.2 Å². The minimum Gasteiger partial charge on any atom is -0.397 e. The number of likely N-dealkylation sites (tertiary alicyclic amines) is 1. The van der Waals surface area contributed by atoms with E-state index in [1.165, 1.54) is 6.07 Å². The first-order chi connectivity index (χ1) is 13.7. The van der Waals surface area contributed by atoms with Gasteiger partial charge in [-0.05, 0) is 44.1 Å². The summed E-state index contributed by atoms with van der Waals surface area (Å²) < 4.78 is 39.8. The van der Waals surface area contributed by atoms with Gasteiger partial charge in [0.25, 0.3) is 5.91 Å². The van der Waals surface area contributed by atoms with Crippen LogP contribution in [0.1, 0.15) is 46.8 Å². The molecule has 0 bridgehead atoms. The van der Waals surface area contributed by atoms with Crippen molar-refractivity contribution in [1.82, 2.24) is 10.2 Å². The molecule has 4 nitrogen and oxygen atoms in total. The van der Waals surface area contributed by atoms with Crippen molar-refractivity contribution in [3.63, 3.8) is 0 Å². The number of nitrogens with zero attached hydrogens (tertiary/aromatic N) is 1. The molecule has 1 aliphatic heterocycles. The topological polar surface area (TPSA) is 58.4 Å². The molecular weight excluding hydrogens is 403 g/mol. The summed E-state index contributed by atoms with van der Waals surface area (Å²) in [5.74, 6) is -0.620. The van der Waals surface area contributed by atoms with Crippen molar-refractivity contribution in [2.75, 3.05) is 19.3 Å². The molecule has 1 heterocycles. The third-order valence-corrected chi connectivity index (χ3v) is 5.67. The SMILES string of the molecule is CN1CCCC[C@@H]1[C@H](NC(=O)c1cc(Cl)c(N)c(C(F)(F)F)c1)c1ccccc1. The molecule has 0 radical (unpaired) electrons. The molecule has 29 heavy (non-hydrogen) atoms. The highest BCUT2D eigenvalue weighted by atomic mass is 35.5. The summed E-state index contributed by atoms with van der Waals surface area (Å²) in [5.41, 5.74) is 4.51. The highest BCUT2D eigenvalue weighted by Gasteiger charge is 2.36. The molecule has 0 unspecified atom stereocenters. The molecule has 1 fully saturated rings. The second-order valence-corrected chi connectivity index (χ2v) is 7.73. The van der Waals surface area contributed by atoms with E-state index in [9.17, 15) is 18.0 Å². The Hall–Kier alpha value is -2.25. The summed E-state index contributed by atoms with van der Waals surface area (Å²) in [6, 6.07) is 11.0. The van der Waals surface area contributed by atoms with Crippen LogP contribution in [0.15, 0.2) is 42.5 Å². The van der Waals surface area contributed by atoms with Crippen LogP contribution in [-0.4, -0.2) is 30.4 Å². The molecule has 3 N–H and O–H groups in total. The van der Waals surface area contributed by atoms with Crippen LogP contribution in [0.25, 0.3) is 0 Å². The first-order valence-corrected chi connectivity index (χ1v) is 9.78. The maximum absolute atomic E-state index is 13.3. The molecule has 2 aromatic rings. The van der Waals surface area contributed by atoms with E-state index in [0.717, 1.165) is 37.4 Å². The number of piperidine rings is 1. The van der Waals surface area contributed by atoms with Crippen LogP contribution < -0.4 is 11.1 Å². The van der Waals surface area contributed by atoms with E-state index in [-0.39, 0.29) is 22.7 Å². The summed E-state index contributed by atoms with van der Waals surface area (Å²) in [6.07, 6.45) is -1.72. The molecule has 1 aliphatic rings. The summed E-state index contributed by atoms with van der Waals surface area (Å²) in [6.45, 7) is 0.899. The van der Waals surface area contributed by atoms with Gasteiger partial charge in [0, 0.05) is 11.6 Å². The molecule has 0 saturated carbocycles. The van der Waals surface area contributed by atoms with Gasteiger partial charge in [-0.2, -0.15) is 13.2 Å². The van der Waals surface area contributed by atoms with Gasteiger partial charge in [0.05, 0.1) is 22.3 Å². The Kier molecular flexibility index (Phi) is 6.39. The minimum absolute atomic E-state index is 0.0430. The van der Waals surface area contributed by atoms with E-state index >= 15 is 0 Å². The van der Waals surface area contributed by atoms with Gasteiger partial charge in [-0.15, -0.1) is 0 Å². The fourth-order valence-corrected chi connectivity index (χ4v) is 4.01. The van der Waals surface area contributed by atoms with E-state index in [4.69, 9.17) is 17.3 Å². The standard InChI is InChI=1S/C21H23ClF3N3O/c1-28-10-6-5-9-17(28)19(13-7-3-2-4-8-13)27-20(29)14-11-15(21(23,24)25)18(26)16(22)12-14/h2-4,7-8,11-12,17,19H,5-6,9-10,26H2,1H3,(H,27,29)/t17-,19-/m1/s1. The van der Waals surface area contributed by atoms with Crippen LogP contribution in [-0.2, 0) is 6.18 Å². The predicted molar refractivity (Wildman–Crippen MR) is 108 cm³/mol. The Morgan fingerprint density at radius 1 is 1.24 bits per heavy atom. The molecule has 1 amide bonds. The van der Waals surface area contributed by atoms with Crippen molar-refractivity contribution in [2.24, 2.45) is 0 Å². The van der Waals surface area contributed by atoms with Crippen LogP contribution >= 0.6 is 11.6 Å². The fourth-order valence-electron chi connectivity index (χ4n) is 3.79. The number of hydrogen-bond donors (Lipinski definition) is 2. The van der Waals surface area contributed by atoms with Crippen molar-refractivity contribution in [2.45, 2.75) is 37.5 Å². The number of likely N-dealkylation sites (N-methyl/N-ethyl adjacent to an activating group) is 1. The number of nitrogens with two attached hydrogens (primary N) is 1. The Labute approximate surface area is 172 Å². The predicted octanol–water partition coefficient (Wildman–Crippen LogP) is 4.90. The normalized spacial score (nSPS) is 19.0. The molecule has 2 atom stereocenters. The van der Waals surface area contributed by atoms with Gasteiger partial charge in [0.1, 0.15) is 0 Å². The quantitative estimate of drug-likeness (QED) is 0.685. The van der Waals surface area contributed by atoms with E-state index in [1.807, 2.05) is 37.4 Å². The lowest BCUT2D eigenvalue weighted by Gasteiger charge is -2.38. The monoisotopic (exact) mass is 425 g/mol. The summed E-state index contributed by atoms with van der Waals surface area (Å²) in [7, 11) is 1.99. The molecule has 2 aromatic carbocycles.